The Balaban J connectivity index is 1.62. The number of halogens is 2. The van der Waals surface area contributed by atoms with E-state index in [4.69, 9.17) is 27.9 Å². The molecular weight excluding hydrogens is 495 g/mol. The lowest BCUT2D eigenvalue weighted by Gasteiger charge is -2.37. The van der Waals surface area contributed by atoms with E-state index in [1.807, 2.05) is 0 Å². The number of nitrogens with zero attached hydrogens (tertiary/aromatic N) is 3. The Bertz CT molecular complexity index is 1210. The SMILES string of the molecule is CN(C1CC(O)C1)S(=O)(=O)c1cc(Oc2c(Cl)cc(N3N=CCNC3=O)cc2Cl)ccc1O. The fourth-order valence-corrected chi connectivity index (χ4v) is 5.45. The van der Waals surface area contributed by atoms with E-state index in [0.29, 0.717) is 25.1 Å². The van der Waals surface area contributed by atoms with Crippen LogP contribution in [0.15, 0.2) is 40.3 Å². The molecule has 176 valence electrons. The van der Waals surface area contributed by atoms with Crippen molar-refractivity contribution in [1.29, 1.82) is 0 Å². The maximum Gasteiger partial charge on any atom is 0.342 e. The van der Waals surface area contributed by atoms with Gasteiger partial charge in [0.05, 0.1) is 28.4 Å². The number of amides is 2. The maximum absolute atomic E-state index is 13.0. The highest BCUT2D eigenvalue weighted by Crippen LogP contribution is 2.41. The van der Waals surface area contributed by atoms with E-state index in [1.165, 1.54) is 43.6 Å². The second kappa shape index (κ2) is 8.99. The van der Waals surface area contributed by atoms with Gasteiger partial charge >= 0.3 is 6.03 Å². The van der Waals surface area contributed by atoms with Gasteiger partial charge in [-0.25, -0.2) is 13.2 Å². The largest absolute Gasteiger partial charge is 0.507 e. The summed E-state index contributed by atoms with van der Waals surface area (Å²) in [5.74, 6) is -0.345. The molecule has 1 saturated carbocycles. The van der Waals surface area contributed by atoms with Crippen molar-refractivity contribution in [1.82, 2.24) is 9.62 Å². The van der Waals surface area contributed by atoms with E-state index in [0.717, 1.165) is 9.31 Å². The molecule has 1 heterocycles. The molecule has 2 aliphatic rings. The number of anilines is 1. The summed E-state index contributed by atoms with van der Waals surface area (Å²) < 4.78 is 32.9. The molecule has 0 unspecified atom stereocenters. The predicted molar refractivity (Wildman–Crippen MR) is 123 cm³/mol. The number of phenols is 1. The van der Waals surface area contributed by atoms with Crippen LogP contribution in [0, 0.1) is 0 Å². The average Bonchev–Trinajstić information content (AvgIpc) is 2.74. The van der Waals surface area contributed by atoms with Gasteiger partial charge in [0.15, 0.2) is 5.75 Å². The summed E-state index contributed by atoms with van der Waals surface area (Å²) in [5.41, 5.74) is 0.309. The van der Waals surface area contributed by atoms with E-state index in [-0.39, 0.29) is 32.5 Å². The van der Waals surface area contributed by atoms with Crippen LogP contribution < -0.4 is 15.1 Å². The number of sulfonamides is 1. The summed E-state index contributed by atoms with van der Waals surface area (Å²) in [5, 5.41) is 27.5. The monoisotopic (exact) mass is 514 g/mol. The number of aliphatic hydroxyl groups excluding tert-OH is 1. The van der Waals surface area contributed by atoms with Crippen LogP contribution in [-0.4, -0.2) is 60.9 Å². The van der Waals surface area contributed by atoms with Gasteiger partial charge in [0.25, 0.3) is 0 Å². The van der Waals surface area contributed by atoms with Crippen molar-refractivity contribution in [2.45, 2.75) is 29.9 Å². The Kier molecular flexibility index (Phi) is 6.43. The molecule has 0 radical (unpaired) electrons. The van der Waals surface area contributed by atoms with E-state index in [1.54, 1.807) is 0 Å². The van der Waals surface area contributed by atoms with Crippen molar-refractivity contribution in [2.75, 3.05) is 18.6 Å². The molecule has 0 atom stereocenters. The van der Waals surface area contributed by atoms with Crippen molar-refractivity contribution in [3.8, 4) is 17.2 Å². The van der Waals surface area contributed by atoms with Crippen LogP contribution in [0.3, 0.4) is 0 Å². The number of urea groups is 1. The number of aromatic hydroxyl groups is 1. The number of carbonyl (C=O) groups is 1. The summed E-state index contributed by atoms with van der Waals surface area (Å²) in [6.45, 7) is 0.306. The summed E-state index contributed by atoms with van der Waals surface area (Å²) in [6, 6.07) is 5.77. The minimum Gasteiger partial charge on any atom is -0.507 e. The standard InChI is InChI=1S/C20H20Cl2N4O6S/c1-25(11-6-13(27)7-11)33(30,31)18-10-14(2-3-17(18)28)32-19-15(21)8-12(9-16(19)22)26-20(29)23-4-5-24-26/h2-3,5,8-11,13,27-28H,4,6-7H2,1H3,(H,23,29). The Morgan fingerprint density at radius 1 is 1.21 bits per heavy atom. The van der Waals surface area contributed by atoms with Gasteiger partial charge in [-0.15, -0.1) is 0 Å². The lowest BCUT2D eigenvalue weighted by molar-refractivity contribution is 0.0395. The third kappa shape index (κ3) is 4.59. The number of benzene rings is 2. The number of nitrogens with one attached hydrogen (secondary N) is 1. The molecular formula is C20H20Cl2N4O6S. The fraction of sp³-hybridized carbons (Fsp3) is 0.300. The van der Waals surface area contributed by atoms with Gasteiger partial charge < -0.3 is 20.3 Å². The molecule has 2 aromatic rings. The van der Waals surface area contributed by atoms with Crippen LogP contribution in [0.25, 0.3) is 0 Å². The zero-order valence-electron chi connectivity index (χ0n) is 17.3. The summed E-state index contributed by atoms with van der Waals surface area (Å²) in [7, 11) is -2.66. The first-order chi connectivity index (χ1) is 15.6. The maximum atomic E-state index is 13.0. The zero-order valence-corrected chi connectivity index (χ0v) is 19.6. The topological polar surface area (TPSA) is 132 Å². The van der Waals surface area contributed by atoms with Gasteiger partial charge in [0, 0.05) is 25.4 Å². The fourth-order valence-electron chi connectivity index (χ4n) is 3.42. The van der Waals surface area contributed by atoms with Crippen molar-refractivity contribution in [3.63, 3.8) is 0 Å². The molecule has 1 aliphatic carbocycles. The summed E-state index contributed by atoms with van der Waals surface area (Å²) in [6.07, 6.45) is 1.62. The second-order valence-corrected chi connectivity index (χ2v) is 10.3. The van der Waals surface area contributed by atoms with Gasteiger partial charge in [-0.3, -0.25) is 0 Å². The van der Waals surface area contributed by atoms with E-state index < -0.39 is 27.9 Å². The first-order valence-electron chi connectivity index (χ1n) is 9.84. The highest BCUT2D eigenvalue weighted by molar-refractivity contribution is 7.89. The predicted octanol–water partition coefficient (Wildman–Crippen LogP) is 3.15. The number of ether oxygens (including phenoxy) is 1. The first-order valence-corrected chi connectivity index (χ1v) is 12.0. The molecule has 0 spiro atoms. The zero-order chi connectivity index (χ0) is 23.9. The number of hydrazone groups is 1. The van der Waals surface area contributed by atoms with Gasteiger partial charge in [0.1, 0.15) is 16.4 Å². The van der Waals surface area contributed by atoms with Gasteiger partial charge in [-0.05, 0) is 37.1 Å². The number of rotatable bonds is 6. The van der Waals surface area contributed by atoms with Crippen LogP contribution in [0.5, 0.6) is 17.2 Å². The molecule has 3 N–H and O–H groups in total. The summed E-state index contributed by atoms with van der Waals surface area (Å²) in [4.78, 5) is 11.6. The van der Waals surface area contributed by atoms with Crippen LogP contribution in [0.2, 0.25) is 10.0 Å². The van der Waals surface area contributed by atoms with Crippen LogP contribution in [0.1, 0.15) is 12.8 Å². The molecule has 2 aromatic carbocycles. The molecule has 13 heteroatoms. The van der Waals surface area contributed by atoms with Crippen molar-refractivity contribution in [2.24, 2.45) is 5.10 Å². The van der Waals surface area contributed by atoms with Gasteiger partial charge in [-0.1, -0.05) is 23.2 Å². The smallest absolute Gasteiger partial charge is 0.342 e. The molecule has 10 nitrogen and oxygen atoms in total. The Morgan fingerprint density at radius 2 is 1.88 bits per heavy atom. The third-order valence-electron chi connectivity index (χ3n) is 5.37. The van der Waals surface area contributed by atoms with Crippen molar-refractivity contribution >= 4 is 51.2 Å². The number of aliphatic hydroxyl groups is 1. The minimum absolute atomic E-state index is 0.0352. The first kappa shape index (κ1) is 23.6. The number of hydrogen-bond donors (Lipinski definition) is 3. The van der Waals surface area contributed by atoms with Crippen LogP contribution >= 0.6 is 23.2 Å². The number of carbonyl (C=O) groups excluding carboxylic acids is 1. The normalized spacial score (nSPS) is 20.5. The third-order valence-corrected chi connectivity index (χ3v) is 7.87. The van der Waals surface area contributed by atoms with E-state index in [9.17, 15) is 23.4 Å². The Labute approximate surface area is 200 Å². The molecule has 1 aliphatic heterocycles. The lowest BCUT2D eigenvalue weighted by Crippen LogP contribution is -2.47. The molecule has 0 aromatic heterocycles. The van der Waals surface area contributed by atoms with Gasteiger partial charge in [-0.2, -0.15) is 14.4 Å². The number of hydrogen-bond acceptors (Lipinski definition) is 7. The quantitative estimate of drug-likeness (QED) is 0.542. The highest BCUT2D eigenvalue weighted by Gasteiger charge is 2.38. The molecule has 2 amide bonds. The van der Waals surface area contributed by atoms with E-state index >= 15 is 0 Å². The van der Waals surface area contributed by atoms with Gasteiger partial charge in [0.2, 0.25) is 10.0 Å². The Morgan fingerprint density at radius 3 is 2.48 bits per heavy atom. The van der Waals surface area contributed by atoms with Crippen LogP contribution in [0.4, 0.5) is 10.5 Å². The molecule has 33 heavy (non-hydrogen) atoms. The summed E-state index contributed by atoms with van der Waals surface area (Å²) >= 11 is 12.7. The number of phenolic OH excluding ortho intramolecular Hbond substituents is 1. The second-order valence-electron chi connectivity index (χ2n) is 7.57. The lowest BCUT2D eigenvalue weighted by atomic mass is 9.90. The molecule has 0 saturated heterocycles. The van der Waals surface area contributed by atoms with Crippen LogP contribution in [-0.2, 0) is 10.0 Å². The average molecular weight is 515 g/mol. The van der Waals surface area contributed by atoms with Crippen molar-refractivity contribution < 1.29 is 28.2 Å². The highest BCUT2D eigenvalue weighted by atomic mass is 35.5. The minimum atomic E-state index is -4.06. The molecule has 0 bridgehead atoms. The Hall–Kier alpha value is -2.57. The molecule has 4 rings (SSSR count). The molecule has 1 fully saturated rings. The van der Waals surface area contributed by atoms with E-state index in [2.05, 4.69) is 10.4 Å². The van der Waals surface area contributed by atoms with Crippen molar-refractivity contribution in [3.05, 3.63) is 40.4 Å².